The van der Waals surface area contributed by atoms with Crippen LogP contribution in [0.15, 0.2) is 42.5 Å². The molecule has 0 aliphatic heterocycles. The smallest absolute Gasteiger partial charge is 0.335 e. The highest BCUT2D eigenvalue weighted by molar-refractivity contribution is 6.44. The molecule has 4 N–H and O–H groups in total. The van der Waals surface area contributed by atoms with Crippen LogP contribution in [0.5, 0.6) is 0 Å². The number of fused-ring (bicyclic) bond motifs is 1. The molecular weight excluding hydrogens is 534 g/mol. The summed E-state index contributed by atoms with van der Waals surface area (Å²) in [5.41, 5.74) is 6.55. The second-order valence-electron chi connectivity index (χ2n) is 6.74. The number of aromatic nitrogens is 2. The number of hydrogen-bond donors (Lipinski definition) is 3. The second kappa shape index (κ2) is 8.93. The number of nitrogens with two attached hydrogens (primary N) is 1. The third-order valence-electron chi connectivity index (χ3n) is 4.72. The number of carbonyl (C=O) groups excluding carboxylic acids is 1. The number of aromatic carboxylic acids is 1. The Hall–Kier alpha value is -2.68. The van der Waals surface area contributed by atoms with Crippen LogP contribution in [0.25, 0.3) is 16.7 Å². The van der Waals surface area contributed by atoms with Crippen LogP contribution in [0.2, 0.25) is 25.1 Å². The van der Waals surface area contributed by atoms with Crippen LogP contribution < -0.4 is 11.1 Å². The summed E-state index contributed by atoms with van der Waals surface area (Å²) < 4.78 is 1.49. The molecule has 7 nitrogen and oxygen atoms in total. The Kier molecular flexibility index (Phi) is 6.35. The Morgan fingerprint density at radius 1 is 0.939 bits per heavy atom. The summed E-state index contributed by atoms with van der Waals surface area (Å²) in [5, 5.41) is 13.0. The number of rotatable bonds is 5. The van der Waals surface area contributed by atoms with Gasteiger partial charge < -0.3 is 16.2 Å². The largest absolute Gasteiger partial charge is 0.478 e. The SMILES string of the molecule is NC(=O)c1c(Cl)cc(Cl)c(-n2c(Nc3c(Cl)cccc3Cl)nc3cc(C(=O)O)ccc32)c1Cl. The van der Waals surface area contributed by atoms with Crippen LogP contribution in [0.3, 0.4) is 0 Å². The van der Waals surface area contributed by atoms with Crippen molar-refractivity contribution in [3.63, 3.8) is 0 Å². The van der Waals surface area contributed by atoms with Crippen molar-refractivity contribution in [2.24, 2.45) is 5.73 Å². The molecule has 1 aromatic heterocycles. The first-order valence-corrected chi connectivity index (χ1v) is 10.9. The molecule has 0 fully saturated rings. The molecule has 0 saturated heterocycles. The first kappa shape index (κ1) is 23.5. The lowest BCUT2D eigenvalue weighted by Crippen LogP contribution is -2.14. The van der Waals surface area contributed by atoms with E-state index in [9.17, 15) is 14.7 Å². The van der Waals surface area contributed by atoms with E-state index in [-0.39, 0.29) is 37.8 Å². The number of para-hydroxylation sites is 1. The number of benzene rings is 3. The molecule has 3 aromatic carbocycles. The van der Waals surface area contributed by atoms with Gasteiger partial charge in [0.25, 0.3) is 5.91 Å². The molecular formula is C21H11Cl5N4O3. The molecule has 0 aliphatic rings. The number of halogens is 5. The normalized spacial score (nSPS) is 11.1. The molecule has 12 heteroatoms. The summed E-state index contributed by atoms with van der Waals surface area (Å²) in [6, 6.07) is 10.5. The molecule has 1 heterocycles. The number of carbonyl (C=O) groups is 2. The van der Waals surface area contributed by atoms with Gasteiger partial charge >= 0.3 is 5.97 Å². The predicted molar refractivity (Wildman–Crippen MR) is 131 cm³/mol. The number of nitrogens with zero attached hydrogens (tertiary/aromatic N) is 2. The first-order valence-electron chi connectivity index (χ1n) is 9.04. The standard InChI is InChI=1S/C21H11Cl5N4O3/c22-9-2-1-3-10(23)17(9)29-21-28-13-6-8(20(32)33)4-5-14(13)30(21)18-12(25)7-11(24)15(16(18)26)19(27)31/h1-7H,(H2,27,31)(H,28,29)(H,32,33). The fourth-order valence-corrected chi connectivity index (χ4v) is 4.87. The van der Waals surface area contributed by atoms with Gasteiger partial charge in [-0.15, -0.1) is 0 Å². The van der Waals surface area contributed by atoms with E-state index in [1.54, 1.807) is 18.2 Å². The molecule has 4 aromatic rings. The van der Waals surface area contributed by atoms with Gasteiger partial charge in [0.1, 0.15) is 0 Å². The van der Waals surface area contributed by atoms with E-state index in [1.807, 2.05) is 0 Å². The van der Waals surface area contributed by atoms with E-state index in [2.05, 4.69) is 10.3 Å². The maximum Gasteiger partial charge on any atom is 0.335 e. The highest BCUT2D eigenvalue weighted by Gasteiger charge is 2.25. The topological polar surface area (TPSA) is 110 Å². The van der Waals surface area contributed by atoms with E-state index >= 15 is 0 Å². The molecule has 0 unspecified atom stereocenters. The maximum atomic E-state index is 12.0. The average molecular weight is 545 g/mol. The number of carboxylic acids is 1. The second-order valence-corrected chi connectivity index (χ2v) is 8.75. The highest BCUT2D eigenvalue weighted by Crippen LogP contribution is 2.41. The molecule has 0 radical (unpaired) electrons. The third kappa shape index (κ3) is 4.18. The van der Waals surface area contributed by atoms with Gasteiger partial charge in [-0.25, -0.2) is 9.78 Å². The van der Waals surface area contributed by atoms with E-state index in [4.69, 9.17) is 63.7 Å². The number of carboxylic acid groups (broad SMARTS) is 1. The maximum absolute atomic E-state index is 12.0. The Bertz CT molecular complexity index is 1450. The summed E-state index contributed by atoms with van der Waals surface area (Å²) in [5.74, 6) is -1.85. The van der Waals surface area contributed by atoms with E-state index in [0.717, 1.165) is 0 Å². The van der Waals surface area contributed by atoms with Crippen LogP contribution in [0.4, 0.5) is 11.6 Å². The highest BCUT2D eigenvalue weighted by atomic mass is 35.5. The Labute approximate surface area is 211 Å². The molecule has 0 atom stereocenters. The number of hydrogen-bond acceptors (Lipinski definition) is 4. The van der Waals surface area contributed by atoms with Crippen molar-refractivity contribution in [2.75, 3.05) is 5.32 Å². The van der Waals surface area contributed by atoms with Crippen LogP contribution >= 0.6 is 58.0 Å². The molecule has 168 valence electrons. The van der Waals surface area contributed by atoms with Gasteiger partial charge in [0.05, 0.1) is 58.6 Å². The summed E-state index contributed by atoms with van der Waals surface area (Å²) >= 11 is 31.8. The van der Waals surface area contributed by atoms with Gasteiger partial charge in [-0.2, -0.15) is 0 Å². The zero-order chi connectivity index (χ0) is 24.0. The van der Waals surface area contributed by atoms with E-state index < -0.39 is 11.9 Å². The molecule has 33 heavy (non-hydrogen) atoms. The zero-order valence-corrected chi connectivity index (χ0v) is 19.9. The minimum absolute atomic E-state index is 0.0144. The minimum Gasteiger partial charge on any atom is -0.478 e. The molecule has 0 aliphatic carbocycles. The van der Waals surface area contributed by atoms with Gasteiger partial charge in [0, 0.05) is 0 Å². The first-order chi connectivity index (χ1) is 15.6. The van der Waals surface area contributed by atoms with Gasteiger partial charge in [-0.05, 0) is 36.4 Å². The lowest BCUT2D eigenvalue weighted by molar-refractivity contribution is 0.0696. The van der Waals surface area contributed by atoms with Crippen LogP contribution in [-0.2, 0) is 0 Å². The fourth-order valence-electron chi connectivity index (χ4n) is 3.26. The molecule has 4 rings (SSSR count). The van der Waals surface area contributed by atoms with Crippen LogP contribution in [0.1, 0.15) is 20.7 Å². The number of amides is 1. The minimum atomic E-state index is -1.13. The number of primary amides is 1. The number of nitrogens with one attached hydrogen (secondary N) is 1. The van der Waals surface area contributed by atoms with Gasteiger partial charge in [-0.1, -0.05) is 64.1 Å². The van der Waals surface area contributed by atoms with Crippen LogP contribution in [0, 0.1) is 0 Å². The van der Waals surface area contributed by atoms with Crippen molar-refractivity contribution in [2.45, 2.75) is 0 Å². The summed E-state index contributed by atoms with van der Waals surface area (Å²) in [6.07, 6.45) is 0. The van der Waals surface area contributed by atoms with Crippen molar-refractivity contribution in [3.05, 3.63) is 78.7 Å². The molecule has 0 spiro atoms. The lowest BCUT2D eigenvalue weighted by atomic mass is 10.1. The van der Waals surface area contributed by atoms with Gasteiger partial charge in [-0.3, -0.25) is 9.36 Å². The summed E-state index contributed by atoms with van der Waals surface area (Å²) in [7, 11) is 0. The number of anilines is 2. The quantitative estimate of drug-likeness (QED) is 0.255. The third-order valence-corrected chi connectivity index (χ3v) is 6.30. The van der Waals surface area contributed by atoms with Gasteiger partial charge in [0.2, 0.25) is 5.95 Å². The van der Waals surface area contributed by atoms with Crippen molar-refractivity contribution in [3.8, 4) is 5.69 Å². The van der Waals surface area contributed by atoms with Gasteiger partial charge in [0.15, 0.2) is 0 Å². The molecule has 1 amide bonds. The average Bonchev–Trinajstić information content (AvgIpc) is 3.07. The van der Waals surface area contributed by atoms with E-state index in [0.29, 0.717) is 26.8 Å². The van der Waals surface area contributed by atoms with E-state index in [1.165, 1.54) is 28.8 Å². The fraction of sp³-hybridized carbons (Fsp3) is 0. The Balaban J connectivity index is 2.07. The predicted octanol–water partition coefficient (Wildman–Crippen LogP) is 6.83. The summed E-state index contributed by atoms with van der Waals surface area (Å²) in [6.45, 7) is 0. The Morgan fingerprint density at radius 3 is 2.21 bits per heavy atom. The molecule has 0 saturated carbocycles. The Morgan fingerprint density at radius 2 is 1.61 bits per heavy atom. The van der Waals surface area contributed by atoms with Crippen molar-refractivity contribution < 1.29 is 14.7 Å². The number of imidazole rings is 1. The van der Waals surface area contributed by atoms with Crippen molar-refractivity contribution >= 4 is 92.6 Å². The monoisotopic (exact) mass is 542 g/mol. The molecule has 0 bridgehead atoms. The van der Waals surface area contributed by atoms with Crippen molar-refractivity contribution in [1.29, 1.82) is 0 Å². The van der Waals surface area contributed by atoms with Crippen molar-refractivity contribution in [1.82, 2.24) is 9.55 Å². The lowest BCUT2D eigenvalue weighted by Gasteiger charge is -2.17. The summed E-state index contributed by atoms with van der Waals surface area (Å²) in [4.78, 5) is 27.9. The van der Waals surface area contributed by atoms with Crippen LogP contribution in [-0.4, -0.2) is 26.5 Å². The zero-order valence-electron chi connectivity index (χ0n) is 16.2.